The average molecular weight is 181 g/mol. The van der Waals surface area contributed by atoms with Crippen LogP contribution in [-0.2, 0) is 13.6 Å². The minimum Gasteiger partial charge on any atom is -0.390 e. The van der Waals surface area contributed by atoms with E-state index in [-0.39, 0.29) is 6.10 Å². The van der Waals surface area contributed by atoms with Crippen molar-refractivity contribution in [3.63, 3.8) is 0 Å². The number of hydrogen-bond donors (Lipinski definition) is 1. The van der Waals surface area contributed by atoms with Crippen molar-refractivity contribution in [1.29, 1.82) is 0 Å². The van der Waals surface area contributed by atoms with Crippen molar-refractivity contribution < 1.29 is 5.11 Å². The first kappa shape index (κ1) is 8.72. The van der Waals surface area contributed by atoms with E-state index in [0.717, 1.165) is 25.3 Å². The average Bonchev–Trinajstić information content (AvgIpc) is 2.27. The normalized spacial score (nSPS) is 19.0. The van der Waals surface area contributed by atoms with E-state index in [1.165, 1.54) is 5.69 Å². The van der Waals surface area contributed by atoms with Gasteiger partial charge in [-0.05, 0) is 13.0 Å². The highest BCUT2D eigenvalue weighted by Crippen LogP contribution is 2.12. The number of hydrogen-bond acceptors (Lipinski definition) is 3. The molecule has 0 aliphatic carbocycles. The molecule has 0 radical (unpaired) electrons. The number of likely N-dealkylation sites (tertiary alicyclic amines) is 1. The summed E-state index contributed by atoms with van der Waals surface area (Å²) in [5.74, 6) is 0. The van der Waals surface area contributed by atoms with Crippen molar-refractivity contribution >= 4 is 0 Å². The maximum absolute atomic E-state index is 9.11. The highest BCUT2D eigenvalue weighted by Gasteiger charge is 2.24. The van der Waals surface area contributed by atoms with Gasteiger partial charge < -0.3 is 5.11 Å². The minimum absolute atomic E-state index is 0.116. The first-order valence-electron chi connectivity index (χ1n) is 4.55. The molecule has 1 saturated heterocycles. The van der Waals surface area contributed by atoms with Crippen molar-refractivity contribution in [1.82, 2.24) is 14.7 Å². The smallest absolute Gasteiger partial charge is 0.0794 e. The lowest BCUT2D eigenvalue weighted by atomic mass is 10.1. The van der Waals surface area contributed by atoms with E-state index in [9.17, 15) is 0 Å². The van der Waals surface area contributed by atoms with Crippen molar-refractivity contribution in [2.24, 2.45) is 7.05 Å². The summed E-state index contributed by atoms with van der Waals surface area (Å²) in [5.41, 5.74) is 2.27. The molecule has 1 aliphatic heterocycles. The zero-order valence-corrected chi connectivity index (χ0v) is 8.06. The van der Waals surface area contributed by atoms with E-state index < -0.39 is 0 Å². The summed E-state index contributed by atoms with van der Waals surface area (Å²) in [6.45, 7) is 4.48. The Bertz CT molecular complexity index is 302. The molecular formula is C9H15N3O. The van der Waals surface area contributed by atoms with Gasteiger partial charge in [-0.15, -0.1) is 0 Å². The number of nitrogens with zero attached hydrogens (tertiary/aromatic N) is 3. The Kier molecular flexibility index (Phi) is 2.09. The van der Waals surface area contributed by atoms with Gasteiger partial charge in [-0.1, -0.05) is 0 Å². The summed E-state index contributed by atoms with van der Waals surface area (Å²) in [5, 5.41) is 13.4. The number of β-amino-alcohol motifs (C(OH)–C–C–N with tert-alkyl or cyclic N) is 1. The maximum Gasteiger partial charge on any atom is 0.0794 e. The molecule has 0 spiro atoms. The van der Waals surface area contributed by atoms with Crippen LogP contribution < -0.4 is 0 Å². The van der Waals surface area contributed by atoms with E-state index in [4.69, 9.17) is 5.11 Å². The first-order valence-corrected chi connectivity index (χ1v) is 4.55. The Morgan fingerprint density at radius 1 is 1.62 bits per heavy atom. The van der Waals surface area contributed by atoms with Crippen LogP contribution in [0, 0.1) is 6.92 Å². The summed E-state index contributed by atoms with van der Waals surface area (Å²) in [4.78, 5) is 2.21. The zero-order chi connectivity index (χ0) is 9.42. The van der Waals surface area contributed by atoms with Crippen LogP contribution >= 0.6 is 0 Å². The molecule has 0 bridgehead atoms. The summed E-state index contributed by atoms with van der Waals surface area (Å²) in [6.07, 6.45) is -0.116. The molecule has 0 saturated carbocycles. The molecule has 2 rings (SSSR count). The first-order chi connectivity index (χ1) is 6.15. The molecule has 1 aromatic rings. The number of aromatic nitrogens is 2. The molecule has 4 nitrogen and oxygen atoms in total. The molecule has 0 unspecified atom stereocenters. The van der Waals surface area contributed by atoms with Crippen LogP contribution in [-0.4, -0.2) is 39.0 Å². The second-order valence-electron chi connectivity index (χ2n) is 3.75. The van der Waals surface area contributed by atoms with Gasteiger partial charge in [-0.25, -0.2) is 0 Å². The van der Waals surface area contributed by atoms with Gasteiger partial charge in [-0.2, -0.15) is 5.10 Å². The largest absolute Gasteiger partial charge is 0.390 e. The van der Waals surface area contributed by atoms with Gasteiger partial charge in [0.15, 0.2) is 0 Å². The van der Waals surface area contributed by atoms with Gasteiger partial charge in [0.2, 0.25) is 0 Å². The summed E-state index contributed by atoms with van der Waals surface area (Å²) in [6, 6.07) is 2.09. The summed E-state index contributed by atoms with van der Waals surface area (Å²) >= 11 is 0. The van der Waals surface area contributed by atoms with Crippen LogP contribution in [0.2, 0.25) is 0 Å². The van der Waals surface area contributed by atoms with Crippen LogP contribution in [0.5, 0.6) is 0 Å². The Labute approximate surface area is 77.8 Å². The Morgan fingerprint density at radius 2 is 2.31 bits per heavy atom. The third-order valence-electron chi connectivity index (χ3n) is 2.42. The second kappa shape index (κ2) is 3.12. The van der Waals surface area contributed by atoms with E-state index in [1.807, 2.05) is 18.7 Å². The quantitative estimate of drug-likeness (QED) is 0.693. The van der Waals surface area contributed by atoms with Crippen molar-refractivity contribution in [2.45, 2.75) is 19.6 Å². The maximum atomic E-state index is 9.11. The van der Waals surface area contributed by atoms with E-state index in [1.54, 1.807) is 0 Å². The topological polar surface area (TPSA) is 41.3 Å². The molecule has 0 atom stereocenters. The highest BCUT2D eigenvalue weighted by molar-refractivity contribution is 5.09. The number of rotatable bonds is 2. The molecular weight excluding hydrogens is 166 g/mol. The zero-order valence-electron chi connectivity index (χ0n) is 8.06. The van der Waals surface area contributed by atoms with Crippen molar-refractivity contribution in [3.05, 3.63) is 17.5 Å². The molecule has 13 heavy (non-hydrogen) atoms. The Balaban J connectivity index is 1.98. The molecule has 1 N–H and O–H groups in total. The lowest BCUT2D eigenvalue weighted by Gasteiger charge is -2.35. The van der Waals surface area contributed by atoms with Crippen molar-refractivity contribution in [2.75, 3.05) is 13.1 Å². The third-order valence-corrected chi connectivity index (χ3v) is 2.42. The van der Waals surface area contributed by atoms with E-state index in [0.29, 0.717) is 0 Å². The van der Waals surface area contributed by atoms with Crippen LogP contribution in [0.25, 0.3) is 0 Å². The van der Waals surface area contributed by atoms with Crippen LogP contribution in [0.3, 0.4) is 0 Å². The molecule has 1 aliphatic rings. The number of aryl methyl sites for hydroxylation is 2. The third kappa shape index (κ3) is 1.73. The molecule has 1 fully saturated rings. The number of aliphatic hydroxyl groups excluding tert-OH is 1. The molecule has 0 amide bonds. The molecule has 2 heterocycles. The highest BCUT2D eigenvalue weighted by atomic mass is 16.3. The Morgan fingerprint density at radius 3 is 2.77 bits per heavy atom. The van der Waals surface area contributed by atoms with E-state index >= 15 is 0 Å². The summed E-state index contributed by atoms with van der Waals surface area (Å²) in [7, 11) is 1.96. The van der Waals surface area contributed by atoms with Gasteiger partial charge in [0.05, 0.1) is 17.5 Å². The van der Waals surface area contributed by atoms with Gasteiger partial charge >= 0.3 is 0 Å². The second-order valence-corrected chi connectivity index (χ2v) is 3.75. The summed E-state index contributed by atoms with van der Waals surface area (Å²) < 4.78 is 1.90. The van der Waals surface area contributed by atoms with E-state index in [2.05, 4.69) is 16.1 Å². The monoisotopic (exact) mass is 181 g/mol. The minimum atomic E-state index is -0.116. The lowest BCUT2D eigenvalue weighted by Crippen LogP contribution is -2.50. The molecule has 0 aromatic carbocycles. The molecule has 72 valence electrons. The fraction of sp³-hybridized carbons (Fsp3) is 0.667. The SMILES string of the molecule is Cc1cc(CN2CC(O)C2)n(C)n1. The lowest BCUT2D eigenvalue weighted by molar-refractivity contribution is -0.00413. The van der Waals surface area contributed by atoms with Crippen LogP contribution in [0.1, 0.15) is 11.4 Å². The molecule has 4 heteroatoms. The molecule has 1 aromatic heterocycles. The predicted molar refractivity (Wildman–Crippen MR) is 49.2 cm³/mol. The standard InChI is InChI=1S/C9H15N3O/c1-7-3-8(11(2)10-7)4-12-5-9(13)6-12/h3,9,13H,4-6H2,1-2H3. The van der Waals surface area contributed by atoms with Gasteiger partial charge in [0.25, 0.3) is 0 Å². The van der Waals surface area contributed by atoms with Crippen LogP contribution in [0.4, 0.5) is 0 Å². The Hall–Kier alpha value is -0.870. The van der Waals surface area contributed by atoms with Gasteiger partial charge in [0, 0.05) is 26.7 Å². The number of aliphatic hydroxyl groups is 1. The van der Waals surface area contributed by atoms with Crippen LogP contribution in [0.15, 0.2) is 6.07 Å². The van der Waals surface area contributed by atoms with Gasteiger partial charge in [0.1, 0.15) is 0 Å². The van der Waals surface area contributed by atoms with Gasteiger partial charge in [-0.3, -0.25) is 9.58 Å². The fourth-order valence-electron chi connectivity index (χ4n) is 1.71. The predicted octanol–water partition coefficient (Wildman–Crippen LogP) is -0.0950. The fourth-order valence-corrected chi connectivity index (χ4v) is 1.71. The van der Waals surface area contributed by atoms with Crippen molar-refractivity contribution in [3.8, 4) is 0 Å².